The number of carbonyl (C=O) groups excluding carboxylic acids is 1. The minimum Gasteiger partial charge on any atom is -0.352 e. The molecule has 0 aliphatic rings. The first-order chi connectivity index (χ1) is 8.06. The molecule has 3 nitrogen and oxygen atoms in total. The quantitative estimate of drug-likeness (QED) is 0.653. The molecule has 0 aromatic rings. The Morgan fingerprint density at radius 3 is 2.29 bits per heavy atom. The molecule has 0 saturated carbocycles. The number of carbonyl (C=O) groups is 1. The molecule has 0 spiro atoms. The van der Waals surface area contributed by atoms with Crippen LogP contribution in [0.3, 0.4) is 0 Å². The summed E-state index contributed by atoms with van der Waals surface area (Å²) in [5.41, 5.74) is 5.93. The maximum atomic E-state index is 12.0. The Hall–Kier alpha value is -0.570. The van der Waals surface area contributed by atoms with Crippen LogP contribution in [0.1, 0.15) is 66.2 Å². The third-order valence-electron chi connectivity index (χ3n) is 3.45. The van der Waals surface area contributed by atoms with Crippen molar-refractivity contribution < 1.29 is 4.79 Å². The highest BCUT2D eigenvalue weighted by Gasteiger charge is 2.21. The van der Waals surface area contributed by atoms with E-state index in [9.17, 15) is 4.79 Å². The predicted octanol–water partition coefficient (Wildman–Crippen LogP) is 2.83. The standard InChI is InChI=1S/C14H30N2O/c1-5-8-10-12(9-6-2)16-14(17)13(15)11(4)7-3/h11-13H,5-10,15H2,1-4H3,(H,16,17)/t11-,12?,13-/m0/s1. The second kappa shape index (κ2) is 9.46. The number of nitrogens with two attached hydrogens (primary N) is 1. The molecule has 1 amide bonds. The van der Waals surface area contributed by atoms with Gasteiger partial charge in [0, 0.05) is 6.04 Å². The lowest BCUT2D eigenvalue weighted by atomic mass is 9.98. The van der Waals surface area contributed by atoms with E-state index in [2.05, 4.69) is 26.1 Å². The van der Waals surface area contributed by atoms with E-state index in [4.69, 9.17) is 5.73 Å². The molecular formula is C14H30N2O. The number of hydrogen-bond donors (Lipinski definition) is 2. The molecule has 0 aliphatic carbocycles. The van der Waals surface area contributed by atoms with Crippen LogP contribution >= 0.6 is 0 Å². The van der Waals surface area contributed by atoms with Crippen LogP contribution in [-0.4, -0.2) is 18.0 Å². The Bertz CT molecular complexity index is 206. The summed E-state index contributed by atoms with van der Waals surface area (Å²) in [5, 5.41) is 3.10. The first-order valence-electron chi connectivity index (χ1n) is 7.12. The first-order valence-corrected chi connectivity index (χ1v) is 7.12. The molecule has 0 radical (unpaired) electrons. The van der Waals surface area contributed by atoms with Gasteiger partial charge in [0.25, 0.3) is 0 Å². The Labute approximate surface area is 107 Å². The Balaban J connectivity index is 4.18. The van der Waals surface area contributed by atoms with E-state index in [1.165, 1.54) is 12.8 Å². The van der Waals surface area contributed by atoms with Gasteiger partial charge >= 0.3 is 0 Å². The van der Waals surface area contributed by atoms with Crippen molar-refractivity contribution in [1.29, 1.82) is 0 Å². The molecule has 3 N–H and O–H groups in total. The Morgan fingerprint density at radius 2 is 1.82 bits per heavy atom. The molecule has 0 bridgehead atoms. The van der Waals surface area contributed by atoms with Crippen LogP contribution in [0.5, 0.6) is 0 Å². The van der Waals surface area contributed by atoms with Crippen LogP contribution < -0.4 is 11.1 Å². The highest BCUT2D eigenvalue weighted by Crippen LogP contribution is 2.09. The highest BCUT2D eigenvalue weighted by atomic mass is 16.2. The molecule has 17 heavy (non-hydrogen) atoms. The van der Waals surface area contributed by atoms with Gasteiger partial charge in [-0.05, 0) is 18.8 Å². The van der Waals surface area contributed by atoms with Gasteiger partial charge in [-0.25, -0.2) is 0 Å². The lowest BCUT2D eigenvalue weighted by molar-refractivity contribution is -0.124. The van der Waals surface area contributed by atoms with Gasteiger partial charge in [-0.1, -0.05) is 53.4 Å². The Kier molecular flexibility index (Phi) is 9.14. The molecule has 0 heterocycles. The number of amides is 1. The maximum absolute atomic E-state index is 12.0. The molecule has 102 valence electrons. The van der Waals surface area contributed by atoms with E-state index in [1.54, 1.807) is 0 Å². The van der Waals surface area contributed by atoms with Gasteiger partial charge in [0.15, 0.2) is 0 Å². The van der Waals surface area contributed by atoms with Gasteiger partial charge < -0.3 is 11.1 Å². The first kappa shape index (κ1) is 16.4. The number of rotatable bonds is 9. The lowest BCUT2D eigenvalue weighted by Gasteiger charge is -2.23. The van der Waals surface area contributed by atoms with E-state index >= 15 is 0 Å². The molecule has 1 unspecified atom stereocenters. The molecule has 0 aromatic carbocycles. The minimum absolute atomic E-state index is 0.0221. The van der Waals surface area contributed by atoms with Gasteiger partial charge in [0.1, 0.15) is 0 Å². The second-order valence-electron chi connectivity index (χ2n) is 5.05. The molecular weight excluding hydrogens is 212 g/mol. The second-order valence-corrected chi connectivity index (χ2v) is 5.05. The molecule has 0 aromatic heterocycles. The van der Waals surface area contributed by atoms with Crippen molar-refractivity contribution in [2.45, 2.75) is 78.3 Å². The average molecular weight is 242 g/mol. The zero-order valence-corrected chi connectivity index (χ0v) is 12.0. The van der Waals surface area contributed by atoms with Crippen LogP contribution in [0.25, 0.3) is 0 Å². The summed E-state index contributed by atoms with van der Waals surface area (Å²) in [7, 11) is 0. The van der Waals surface area contributed by atoms with Crippen LogP contribution in [0.2, 0.25) is 0 Å². The van der Waals surface area contributed by atoms with Crippen molar-refractivity contribution in [3.63, 3.8) is 0 Å². The van der Waals surface area contributed by atoms with E-state index in [1.807, 2.05) is 6.92 Å². The summed E-state index contributed by atoms with van der Waals surface area (Å²) < 4.78 is 0. The van der Waals surface area contributed by atoms with Gasteiger partial charge in [0.2, 0.25) is 5.91 Å². The van der Waals surface area contributed by atoms with Gasteiger partial charge in [0.05, 0.1) is 6.04 Å². The molecule has 0 rings (SSSR count). The normalized spacial score (nSPS) is 16.3. The molecule has 0 saturated heterocycles. The van der Waals surface area contributed by atoms with Gasteiger partial charge in [-0.2, -0.15) is 0 Å². The number of unbranched alkanes of at least 4 members (excludes halogenated alkanes) is 1. The lowest BCUT2D eigenvalue weighted by Crippen LogP contribution is -2.48. The minimum atomic E-state index is -0.360. The van der Waals surface area contributed by atoms with Crippen LogP contribution in [0, 0.1) is 5.92 Å². The smallest absolute Gasteiger partial charge is 0.237 e. The van der Waals surface area contributed by atoms with Crippen molar-refractivity contribution >= 4 is 5.91 Å². The summed E-state index contributed by atoms with van der Waals surface area (Å²) in [4.78, 5) is 12.0. The van der Waals surface area contributed by atoms with Crippen molar-refractivity contribution in [1.82, 2.24) is 5.32 Å². The summed E-state index contributed by atoms with van der Waals surface area (Å²) in [5.74, 6) is 0.275. The molecule has 0 fully saturated rings. The summed E-state index contributed by atoms with van der Waals surface area (Å²) in [6, 6.07) is -0.0523. The molecule has 3 heteroatoms. The van der Waals surface area contributed by atoms with E-state index in [0.717, 1.165) is 25.7 Å². The predicted molar refractivity (Wildman–Crippen MR) is 73.8 cm³/mol. The van der Waals surface area contributed by atoms with E-state index < -0.39 is 0 Å². The van der Waals surface area contributed by atoms with Crippen molar-refractivity contribution in [2.75, 3.05) is 0 Å². The number of hydrogen-bond acceptors (Lipinski definition) is 2. The zero-order valence-electron chi connectivity index (χ0n) is 12.0. The summed E-state index contributed by atoms with van der Waals surface area (Å²) in [6.45, 7) is 8.43. The van der Waals surface area contributed by atoms with Crippen LogP contribution in [-0.2, 0) is 4.79 Å². The zero-order chi connectivity index (χ0) is 13.3. The number of nitrogens with one attached hydrogen (secondary N) is 1. The van der Waals surface area contributed by atoms with Crippen molar-refractivity contribution in [3.05, 3.63) is 0 Å². The fraction of sp³-hybridized carbons (Fsp3) is 0.929. The van der Waals surface area contributed by atoms with E-state index in [-0.39, 0.29) is 17.9 Å². The maximum Gasteiger partial charge on any atom is 0.237 e. The van der Waals surface area contributed by atoms with Gasteiger partial charge in [-0.15, -0.1) is 0 Å². The monoisotopic (exact) mass is 242 g/mol. The molecule has 0 aliphatic heterocycles. The largest absolute Gasteiger partial charge is 0.352 e. The van der Waals surface area contributed by atoms with Crippen molar-refractivity contribution in [2.24, 2.45) is 11.7 Å². The summed E-state index contributed by atoms with van der Waals surface area (Å²) >= 11 is 0. The fourth-order valence-electron chi connectivity index (χ4n) is 1.90. The third-order valence-corrected chi connectivity index (χ3v) is 3.45. The van der Waals surface area contributed by atoms with Gasteiger partial charge in [-0.3, -0.25) is 4.79 Å². The fourth-order valence-corrected chi connectivity index (χ4v) is 1.90. The molecule has 3 atom stereocenters. The summed E-state index contributed by atoms with van der Waals surface area (Å²) in [6.07, 6.45) is 6.52. The van der Waals surface area contributed by atoms with E-state index in [0.29, 0.717) is 6.04 Å². The van der Waals surface area contributed by atoms with Crippen LogP contribution in [0.4, 0.5) is 0 Å². The average Bonchev–Trinajstić information content (AvgIpc) is 2.34. The van der Waals surface area contributed by atoms with Crippen LogP contribution in [0.15, 0.2) is 0 Å². The third kappa shape index (κ3) is 6.67. The Morgan fingerprint density at radius 1 is 1.18 bits per heavy atom. The SMILES string of the molecule is CCCCC(CCC)NC(=O)[C@@H](N)[C@@H](C)CC. The topological polar surface area (TPSA) is 55.1 Å². The highest BCUT2D eigenvalue weighted by molar-refractivity contribution is 5.82. The van der Waals surface area contributed by atoms with Crippen molar-refractivity contribution in [3.8, 4) is 0 Å².